The zero-order valence-electron chi connectivity index (χ0n) is 17.6. The zero-order valence-corrected chi connectivity index (χ0v) is 19.9. The fourth-order valence-electron chi connectivity index (χ4n) is 3.07. The average Bonchev–Trinajstić information content (AvgIpc) is 3.05. The van der Waals surface area contributed by atoms with Crippen LogP contribution in [0.3, 0.4) is 0 Å². The highest BCUT2D eigenvalue weighted by Crippen LogP contribution is 2.13. The maximum Gasteiger partial charge on any atom is 0.191 e. The van der Waals surface area contributed by atoms with E-state index in [-0.39, 0.29) is 24.0 Å². The van der Waals surface area contributed by atoms with E-state index in [4.69, 9.17) is 14.5 Å². The topological polar surface area (TPSA) is 88.8 Å². The van der Waals surface area contributed by atoms with E-state index >= 15 is 0 Å². The number of guanidine groups is 1. The van der Waals surface area contributed by atoms with E-state index in [9.17, 15) is 0 Å². The third-order valence-electron chi connectivity index (χ3n) is 4.51. The lowest BCUT2D eigenvalue weighted by Gasteiger charge is -2.25. The van der Waals surface area contributed by atoms with Gasteiger partial charge >= 0.3 is 0 Å². The number of nitrogens with one attached hydrogen (secondary N) is 2. The molecule has 2 rings (SSSR count). The predicted molar refractivity (Wildman–Crippen MR) is 121 cm³/mol. The van der Waals surface area contributed by atoms with Crippen molar-refractivity contribution in [1.82, 2.24) is 30.3 Å². The summed E-state index contributed by atoms with van der Waals surface area (Å²) in [5, 5.41) is 11.4. The van der Waals surface area contributed by atoms with Crippen molar-refractivity contribution in [3.8, 4) is 0 Å². The Morgan fingerprint density at radius 1 is 1.32 bits per heavy atom. The Kier molecular flexibility index (Phi) is 12.6. The lowest BCUT2D eigenvalue weighted by atomic mass is 10.1. The fourth-order valence-corrected chi connectivity index (χ4v) is 3.07. The molecule has 0 aromatic carbocycles. The second kappa shape index (κ2) is 14.1. The number of methoxy groups -OCH3 is 2. The summed E-state index contributed by atoms with van der Waals surface area (Å²) in [6, 6.07) is 0.303. The summed E-state index contributed by atoms with van der Waals surface area (Å²) in [6.07, 6.45) is 2.96. The Bertz CT molecular complexity index is 582. The molecule has 1 aromatic rings. The van der Waals surface area contributed by atoms with Gasteiger partial charge in [-0.2, -0.15) is 5.10 Å². The van der Waals surface area contributed by atoms with Gasteiger partial charge in [0.25, 0.3) is 0 Å². The third kappa shape index (κ3) is 8.58. The molecule has 1 aliphatic heterocycles. The summed E-state index contributed by atoms with van der Waals surface area (Å²) in [5.74, 6) is 2.68. The number of likely N-dealkylation sites (N-methyl/N-ethyl adjacent to an activating group) is 1. The third-order valence-corrected chi connectivity index (χ3v) is 4.51. The number of hydrogen-bond acceptors (Lipinski definition) is 6. The van der Waals surface area contributed by atoms with Crippen molar-refractivity contribution in [3.63, 3.8) is 0 Å². The summed E-state index contributed by atoms with van der Waals surface area (Å²) in [6.45, 7) is 7.72. The molecule has 0 radical (unpaired) electrons. The molecule has 1 atom stereocenters. The number of aryl methyl sites for hydroxylation is 1. The second-order valence-electron chi connectivity index (χ2n) is 6.85. The normalized spacial score (nSPS) is 16.6. The summed E-state index contributed by atoms with van der Waals surface area (Å²) in [7, 11) is 5.51. The van der Waals surface area contributed by atoms with Crippen molar-refractivity contribution in [3.05, 3.63) is 11.6 Å². The number of halogens is 1. The van der Waals surface area contributed by atoms with Gasteiger partial charge in [0, 0.05) is 46.3 Å². The number of fused-ring (bicyclic) bond motifs is 1. The SMILES string of the molecule is CCNC(=NCCCN(C)CCOC)NC1CCc2nc(COC)nn2C1.I. The zero-order chi connectivity index (χ0) is 19.5. The Labute approximate surface area is 185 Å². The van der Waals surface area contributed by atoms with Crippen LogP contribution < -0.4 is 10.6 Å². The van der Waals surface area contributed by atoms with Crippen molar-refractivity contribution in [1.29, 1.82) is 0 Å². The molecular weight excluding hydrogens is 473 g/mol. The minimum Gasteiger partial charge on any atom is -0.383 e. The minimum absolute atomic E-state index is 0. The van der Waals surface area contributed by atoms with E-state index < -0.39 is 0 Å². The number of nitrogens with zero attached hydrogens (tertiary/aromatic N) is 5. The van der Waals surface area contributed by atoms with E-state index in [1.54, 1.807) is 14.2 Å². The number of ether oxygens (including phenoxy) is 2. The maximum atomic E-state index is 5.13. The Morgan fingerprint density at radius 2 is 2.14 bits per heavy atom. The smallest absolute Gasteiger partial charge is 0.191 e. The van der Waals surface area contributed by atoms with Crippen LogP contribution in [0.1, 0.15) is 31.4 Å². The van der Waals surface area contributed by atoms with Crippen LogP contribution in [0.2, 0.25) is 0 Å². The predicted octanol–water partition coefficient (Wildman–Crippen LogP) is 0.881. The molecule has 2 heterocycles. The molecule has 0 saturated heterocycles. The molecule has 0 fully saturated rings. The highest BCUT2D eigenvalue weighted by Gasteiger charge is 2.22. The second-order valence-corrected chi connectivity index (χ2v) is 6.85. The van der Waals surface area contributed by atoms with Crippen LogP contribution in [0.5, 0.6) is 0 Å². The number of rotatable bonds is 11. The molecule has 10 heteroatoms. The molecule has 0 amide bonds. The fraction of sp³-hybridized carbons (Fsp3) is 0.833. The van der Waals surface area contributed by atoms with Gasteiger partial charge in [-0.25, -0.2) is 9.67 Å². The minimum atomic E-state index is 0. The van der Waals surface area contributed by atoms with Crippen LogP contribution in [0.15, 0.2) is 4.99 Å². The van der Waals surface area contributed by atoms with E-state index in [0.717, 1.165) is 76.2 Å². The van der Waals surface area contributed by atoms with Crippen LogP contribution in [0.4, 0.5) is 0 Å². The summed E-state index contributed by atoms with van der Waals surface area (Å²) >= 11 is 0. The average molecular weight is 509 g/mol. The standard InChI is InChI=1S/C18H35N7O2.HI/c1-5-19-18(20-9-6-10-24(2)11-12-26-3)21-15-7-8-17-22-16(14-27-4)23-25(17)13-15;/h15H,5-14H2,1-4H3,(H2,19,20,21);1H. The van der Waals surface area contributed by atoms with Gasteiger partial charge in [-0.05, 0) is 33.4 Å². The van der Waals surface area contributed by atoms with Gasteiger partial charge in [-0.3, -0.25) is 4.99 Å². The highest BCUT2D eigenvalue weighted by molar-refractivity contribution is 14.0. The summed E-state index contributed by atoms with van der Waals surface area (Å²) in [4.78, 5) is 11.5. The van der Waals surface area contributed by atoms with Crippen molar-refractivity contribution < 1.29 is 9.47 Å². The van der Waals surface area contributed by atoms with Crippen molar-refractivity contribution in [2.24, 2.45) is 4.99 Å². The molecule has 162 valence electrons. The number of hydrogen-bond donors (Lipinski definition) is 2. The summed E-state index contributed by atoms with van der Waals surface area (Å²) in [5.41, 5.74) is 0. The molecule has 2 N–H and O–H groups in total. The van der Waals surface area contributed by atoms with Gasteiger partial charge in [-0.15, -0.1) is 24.0 Å². The molecule has 0 bridgehead atoms. The molecule has 0 aliphatic carbocycles. The van der Waals surface area contributed by atoms with Crippen LogP contribution >= 0.6 is 24.0 Å². The monoisotopic (exact) mass is 509 g/mol. The molecule has 1 aromatic heterocycles. The molecule has 28 heavy (non-hydrogen) atoms. The van der Waals surface area contributed by atoms with Crippen molar-refractivity contribution in [2.75, 3.05) is 54.1 Å². The summed E-state index contributed by atoms with van der Waals surface area (Å²) < 4.78 is 12.2. The largest absolute Gasteiger partial charge is 0.383 e. The van der Waals surface area contributed by atoms with Crippen LogP contribution in [-0.4, -0.2) is 85.7 Å². The van der Waals surface area contributed by atoms with E-state index in [1.807, 2.05) is 4.68 Å². The molecular formula is C18H36IN7O2. The quantitative estimate of drug-likeness (QED) is 0.198. The molecule has 0 saturated carbocycles. The number of aliphatic imine (C=N–C) groups is 1. The van der Waals surface area contributed by atoms with Gasteiger partial charge in [0.2, 0.25) is 0 Å². The molecule has 9 nitrogen and oxygen atoms in total. The van der Waals surface area contributed by atoms with Crippen molar-refractivity contribution in [2.45, 2.75) is 45.4 Å². The van der Waals surface area contributed by atoms with Gasteiger partial charge in [0.05, 0.1) is 13.2 Å². The van der Waals surface area contributed by atoms with Gasteiger partial charge in [0.1, 0.15) is 12.4 Å². The first kappa shape index (κ1) is 25.1. The van der Waals surface area contributed by atoms with E-state index in [2.05, 4.69) is 39.6 Å². The molecule has 1 aliphatic rings. The first-order chi connectivity index (χ1) is 13.2. The molecule has 1 unspecified atom stereocenters. The highest BCUT2D eigenvalue weighted by atomic mass is 127. The van der Waals surface area contributed by atoms with E-state index in [0.29, 0.717) is 12.6 Å². The van der Waals surface area contributed by atoms with E-state index in [1.165, 1.54) is 0 Å². The van der Waals surface area contributed by atoms with Crippen LogP contribution in [0, 0.1) is 0 Å². The van der Waals surface area contributed by atoms with Crippen LogP contribution in [-0.2, 0) is 29.0 Å². The van der Waals surface area contributed by atoms with Crippen LogP contribution in [0.25, 0.3) is 0 Å². The molecule has 0 spiro atoms. The Morgan fingerprint density at radius 3 is 2.86 bits per heavy atom. The number of aromatic nitrogens is 3. The van der Waals surface area contributed by atoms with Gasteiger partial charge in [0.15, 0.2) is 11.8 Å². The maximum absolute atomic E-state index is 5.13. The Balaban J connectivity index is 0.00000392. The lowest BCUT2D eigenvalue weighted by molar-refractivity contribution is 0.161. The first-order valence-electron chi connectivity index (χ1n) is 9.80. The lowest BCUT2D eigenvalue weighted by Crippen LogP contribution is -2.47. The van der Waals surface area contributed by atoms with Gasteiger partial charge in [-0.1, -0.05) is 0 Å². The van der Waals surface area contributed by atoms with Crippen molar-refractivity contribution >= 4 is 29.9 Å². The van der Waals surface area contributed by atoms with Gasteiger partial charge < -0.3 is 25.0 Å². The Hall–Kier alpha value is -0.980. The first-order valence-corrected chi connectivity index (χ1v) is 9.80.